The smallest absolute Gasteiger partial charge is 0.338 e. The van der Waals surface area contributed by atoms with Crippen molar-refractivity contribution in [3.63, 3.8) is 0 Å². The van der Waals surface area contributed by atoms with Crippen molar-refractivity contribution in [1.82, 2.24) is 14.8 Å². The molecule has 0 bridgehead atoms. The van der Waals surface area contributed by atoms with Gasteiger partial charge in [0.05, 0.1) is 23.2 Å². The normalized spacial score (nSPS) is 11.0. The molecule has 1 heterocycles. The van der Waals surface area contributed by atoms with Gasteiger partial charge in [-0.15, -0.1) is 22.0 Å². The van der Waals surface area contributed by atoms with Crippen LogP contribution in [-0.4, -0.2) is 38.5 Å². The van der Waals surface area contributed by atoms with Crippen molar-refractivity contribution in [2.75, 3.05) is 11.1 Å². The Morgan fingerprint density at radius 1 is 1.09 bits per heavy atom. The fourth-order valence-electron chi connectivity index (χ4n) is 3.13. The minimum Gasteiger partial charge on any atom is -0.459 e. The SMILES string of the molecule is CCn1c(CSCc2ccc(C)cc2)nnc1SCC(=O)Nc1cccc(C(=O)OC(C)C)c1. The van der Waals surface area contributed by atoms with Crippen LogP contribution in [0.1, 0.15) is 48.1 Å². The summed E-state index contributed by atoms with van der Waals surface area (Å²) >= 11 is 3.14. The average molecular weight is 499 g/mol. The van der Waals surface area contributed by atoms with E-state index >= 15 is 0 Å². The van der Waals surface area contributed by atoms with Gasteiger partial charge in [-0.2, -0.15) is 0 Å². The van der Waals surface area contributed by atoms with E-state index in [-0.39, 0.29) is 17.8 Å². The van der Waals surface area contributed by atoms with E-state index in [0.29, 0.717) is 11.3 Å². The molecule has 1 aromatic heterocycles. The van der Waals surface area contributed by atoms with E-state index in [9.17, 15) is 9.59 Å². The van der Waals surface area contributed by atoms with E-state index in [1.807, 2.05) is 11.5 Å². The third-order valence-electron chi connectivity index (χ3n) is 4.79. The van der Waals surface area contributed by atoms with Gasteiger partial charge in [0.1, 0.15) is 5.82 Å². The van der Waals surface area contributed by atoms with Crippen LogP contribution >= 0.6 is 23.5 Å². The zero-order valence-electron chi connectivity index (χ0n) is 19.9. The van der Waals surface area contributed by atoms with Crippen LogP contribution < -0.4 is 5.32 Å². The maximum Gasteiger partial charge on any atom is 0.338 e. The first kappa shape index (κ1) is 25.8. The summed E-state index contributed by atoms with van der Waals surface area (Å²) in [6.45, 7) is 8.45. The molecule has 7 nitrogen and oxygen atoms in total. The number of ether oxygens (including phenoxy) is 1. The predicted molar refractivity (Wildman–Crippen MR) is 138 cm³/mol. The fourth-order valence-corrected chi connectivity index (χ4v) is 4.88. The van der Waals surface area contributed by atoms with Crippen molar-refractivity contribution in [2.45, 2.75) is 57.0 Å². The lowest BCUT2D eigenvalue weighted by molar-refractivity contribution is -0.113. The van der Waals surface area contributed by atoms with Crippen molar-refractivity contribution in [1.29, 1.82) is 0 Å². The van der Waals surface area contributed by atoms with Gasteiger partial charge in [0.2, 0.25) is 5.91 Å². The molecule has 0 atom stereocenters. The number of hydrogen-bond donors (Lipinski definition) is 1. The quantitative estimate of drug-likeness (QED) is 0.282. The number of aromatic nitrogens is 3. The van der Waals surface area contributed by atoms with E-state index < -0.39 is 5.97 Å². The maximum atomic E-state index is 12.5. The van der Waals surface area contributed by atoms with Gasteiger partial charge >= 0.3 is 5.97 Å². The fraction of sp³-hybridized carbons (Fsp3) is 0.360. The highest BCUT2D eigenvalue weighted by Crippen LogP contribution is 2.22. The summed E-state index contributed by atoms with van der Waals surface area (Å²) in [6, 6.07) is 15.3. The molecule has 0 saturated heterocycles. The molecule has 0 aliphatic rings. The van der Waals surface area contributed by atoms with Crippen LogP contribution in [0.15, 0.2) is 53.7 Å². The molecule has 180 valence electrons. The lowest BCUT2D eigenvalue weighted by Crippen LogP contribution is -2.16. The van der Waals surface area contributed by atoms with Crippen molar-refractivity contribution in [3.05, 3.63) is 71.0 Å². The number of benzene rings is 2. The minimum atomic E-state index is -0.413. The average Bonchev–Trinajstić information content (AvgIpc) is 3.20. The predicted octanol–water partition coefficient (Wildman–Crippen LogP) is 5.34. The lowest BCUT2D eigenvalue weighted by atomic mass is 10.2. The van der Waals surface area contributed by atoms with Gasteiger partial charge in [0.15, 0.2) is 5.16 Å². The van der Waals surface area contributed by atoms with Crippen LogP contribution in [0.25, 0.3) is 0 Å². The van der Waals surface area contributed by atoms with Gasteiger partial charge in [-0.3, -0.25) is 4.79 Å². The molecule has 0 aliphatic heterocycles. The Morgan fingerprint density at radius 2 is 1.85 bits per heavy atom. The van der Waals surface area contributed by atoms with Crippen molar-refractivity contribution in [3.8, 4) is 0 Å². The summed E-state index contributed by atoms with van der Waals surface area (Å²) in [6.07, 6.45) is -0.205. The van der Waals surface area contributed by atoms with Crippen LogP contribution in [-0.2, 0) is 27.6 Å². The van der Waals surface area contributed by atoms with E-state index in [0.717, 1.165) is 29.0 Å². The van der Waals surface area contributed by atoms with Crippen molar-refractivity contribution >= 4 is 41.1 Å². The first-order valence-electron chi connectivity index (χ1n) is 11.1. The molecule has 0 radical (unpaired) electrons. The molecule has 0 fully saturated rings. The number of thioether (sulfide) groups is 2. The number of carbonyl (C=O) groups is 2. The lowest BCUT2D eigenvalue weighted by Gasteiger charge is -2.10. The third kappa shape index (κ3) is 7.63. The van der Waals surface area contributed by atoms with Gasteiger partial charge in [-0.25, -0.2) is 4.79 Å². The maximum absolute atomic E-state index is 12.5. The van der Waals surface area contributed by atoms with Crippen molar-refractivity contribution in [2.24, 2.45) is 0 Å². The molecule has 3 rings (SSSR count). The Bertz CT molecular complexity index is 1110. The molecule has 0 saturated carbocycles. The Morgan fingerprint density at radius 3 is 2.56 bits per heavy atom. The number of rotatable bonds is 11. The van der Waals surface area contributed by atoms with E-state index in [4.69, 9.17) is 4.74 Å². The number of nitrogens with one attached hydrogen (secondary N) is 1. The van der Waals surface area contributed by atoms with E-state index in [1.165, 1.54) is 22.9 Å². The Kier molecular flexibility index (Phi) is 9.59. The van der Waals surface area contributed by atoms with Gasteiger partial charge in [-0.1, -0.05) is 47.7 Å². The summed E-state index contributed by atoms with van der Waals surface area (Å²) in [4.78, 5) is 24.6. The second kappa shape index (κ2) is 12.6. The second-order valence-electron chi connectivity index (χ2n) is 7.99. The Balaban J connectivity index is 1.52. The third-order valence-corrected chi connectivity index (χ3v) is 6.75. The zero-order valence-corrected chi connectivity index (χ0v) is 21.5. The zero-order chi connectivity index (χ0) is 24.5. The number of amides is 1. The molecule has 0 aliphatic carbocycles. The highest BCUT2D eigenvalue weighted by Gasteiger charge is 2.14. The summed E-state index contributed by atoms with van der Waals surface area (Å²) in [5.74, 6) is 2.16. The summed E-state index contributed by atoms with van der Waals surface area (Å²) < 4.78 is 7.26. The van der Waals surface area contributed by atoms with E-state index in [2.05, 4.69) is 46.7 Å². The summed E-state index contributed by atoms with van der Waals surface area (Å²) in [7, 11) is 0. The van der Waals surface area contributed by atoms with Crippen LogP contribution in [0.5, 0.6) is 0 Å². The molecule has 1 N–H and O–H groups in total. The second-order valence-corrected chi connectivity index (χ2v) is 9.92. The molecule has 9 heteroatoms. The summed E-state index contributed by atoms with van der Waals surface area (Å²) in [5, 5.41) is 12.2. The highest BCUT2D eigenvalue weighted by atomic mass is 32.2. The molecule has 0 unspecified atom stereocenters. The van der Waals surface area contributed by atoms with Crippen molar-refractivity contribution < 1.29 is 14.3 Å². The van der Waals surface area contributed by atoms with Crippen LogP contribution in [0.4, 0.5) is 5.69 Å². The molecule has 1 amide bonds. The largest absolute Gasteiger partial charge is 0.459 e. The van der Waals surface area contributed by atoms with E-state index in [1.54, 1.807) is 49.9 Å². The molecule has 34 heavy (non-hydrogen) atoms. The van der Waals surface area contributed by atoms with Gasteiger partial charge in [-0.05, 0) is 51.5 Å². The molecular formula is C25H30N4O3S2. The molecule has 2 aromatic carbocycles. The Hall–Kier alpha value is -2.78. The van der Waals surface area contributed by atoms with Crippen LogP contribution in [0.2, 0.25) is 0 Å². The highest BCUT2D eigenvalue weighted by molar-refractivity contribution is 7.99. The standard InChI is InChI=1S/C25H30N4O3S2/c1-5-29-22(15-33-14-19-11-9-18(4)10-12-19)27-28-25(29)34-16-23(30)26-21-8-6-7-20(13-21)24(31)32-17(2)3/h6-13,17H,5,14-16H2,1-4H3,(H,26,30). The first-order valence-corrected chi connectivity index (χ1v) is 13.3. The number of carbonyl (C=O) groups excluding carboxylic acids is 2. The minimum absolute atomic E-state index is 0.180. The van der Waals surface area contributed by atoms with Crippen LogP contribution in [0.3, 0.4) is 0 Å². The van der Waals surface area contributed by atoms with Gasteiger partial charge in [0.25, 0.3) is 0 Å². The number of anilines is 1. The molecule has 0 spiro atoms. The molecule has 3 aromatic rings. The number of nitrogens with zero attached hydrogens (tertiary/aromatic N) is 3. The molecular weight excluding hydrogens is 468 g/mol. The topological polar surface area (TPSA) is 86.1 Å². The number of esters is 1. The monoisotopic (exact) mass is 498 g/mol. The first-order chi connectivity index (χ1) is 16.4. The number of aryl methyl sites for hydroxylation is 1. The van der Waals surface area contributed by atoms with Gasteiger partial charge < -0.3 is 14.6 Å². The summed E-state index contributed by atoms with van der Waals surface area (Å²) in [5.41, 5.74) is 3.49. The van der Waals surface area contributed by atoms with Gasteiger partial charge in [0, 0.05) is 18.0 Å². The Labute approximate surface area is 209 Å². The number of hydrogen-bond acceptors (Lipinski definition) is 7. The van der Waals surface area contributed by atoms with Crippen LogP contribution in [0, 0.1) is 6.92 Å².